The fourth-order valence-electron chi connectivity index (χ4n) is 1.32. The topological polar surface area (TPSA) is 67.4 Å². The highest BCUT2D eigenvalue weighted by molar-refractivity contribution is 5.97. The molecule has 1 aromatic rings. The average Bonchev–Trinajstić information content (AvgIpc) is 2.64. The van der Waals surface area contributed by atoms with Crippen LogP contribution >= 0.6 is 0 Å². The molecule has 1 heterocycles. The van der Waals surface area contributed by atoms with E-state index in [1.165, 1.54) is 18.2 Å². The smallest absolute Gasteiger partial charge is 0.268 e. The first kappa shape index (κ1) is 10.6. The standard InChI is InChI=1S/C10H9FN2O3/c11-7-3-1-2-6(4-7)9(14)12-8-5-16-13-10(8)15/h1-4,8H,5H2,(H,12,14)(H,13,15). The van der Waals surface area contributed by atoms with Crippen molar-refractivity contribution in [3.63, 3.8) is 0 Å². The Bertz CT molecular complexity index is 436. The Morgan fingerprint density at radius 2 is 2.38 bits per heavy atom. The summed E-state index contributed by atoms with van der Waals surface area (Å²) in [5, 5.41) is 2.43. The molecule has 2 N–H and O–H groups in total. The molecular weight excluding hydrogens is 215 g/mol. The van der Waals surface area contributed by atoms with E-state index in [-0.39, 0.29) is 12.2 Å². The van der Waals surface area contributed by atoms with E-state index in [2.05, 4.69) is 15.6 Å². The lowest BCUT2D eigenvalue weighted by Gasteiger charge is -2.08. The first-order chi connectivity index (χ1) is 7.66. The minimum Gasteiger partial charge on any atom is -0.338 e. The van der Waals surface area contributed by atoms with Gasteiger partial charge in [-0.1, -0.05) is 6.07 Å². The molecule has 1 aliphatic rings. The van der Waals surface area contributed by atoms with Crippen LogP contribution in [0.5, 0.6) is 0 Å². The molecule has 16 heavy (non-hydrogen) atoms. The summed E-state index contributed by atoms with van der Waals surface area (Å²) in [4.78, 5) is 27.3. The van der Waals surface area contributed by atoms with Crippen LogP contribution in [-0.2, 0) is 9.63 Å². The van der Waals surface area contributed by atoms with Gasteiger partial charge in [0.1, 0.15) is 18.5 Å². The highest BCUT2D eigenvalue weighted by Gasteiger charge is 2.27. The molecule has 0 spiro atoms. The number of hydrogen-bond acceptors (Lipinski definition) is 3. The van der Waals surface area contributed by atoms with Crippen molar-refractivity contribution in [1.82, 2.24) is 10.8 Å². The van der Waals surface area contributed by atoms with Crippen LogP contribution in [0.15, 0.2) is 24.3 Å². The van der Waals surface area contributed by atoms with Gasteiger partial charge in [-0.3, -0.25) is 14.4 Å². The Labute approximate surface area is 90.5 Å². The molecule has 0 aliphatic carbocycles. The fourth-order valence-corrected chi connectivity index (χ4v) is 1.32. The zero-order valence-electron chi connectivity index (χ0n) is 8.20. The minimum absolute atomic E-state index is 0.0693. The molecule has 6 heteroatoms. The number of hydrogen-bond donors (Lipinski definition) is 2. The lowest BCUT2D eigenvalue weighted by Crippen LogP contribution is -2.41. The Kier molecular flexibility index (Phi) is 2.82. The van der Waals surface area contributed by atoms with Gasteiger partial charge in [-0.15, -0.1) is 0 Å². The van der Waals surface area contributed by atoms with Crippen molar-refractivity contribution >= 4 is 11.8 Å². The van der Waals surface area contributed by atoms with E-state index in [1.807, 2.05) is 0 Å². The molecule has 0 bridgehead atoms. The molecule has 5 nitrogen and oxygen atoms in total. The molecule has 2 amide bonds. The Hall–Kier alpha value is -1.95. The van der Waals surface area contributed by atoms with Gasteiger partial charge in [0.15, 0.2) is 0 Å². The van der Waals surface area contributed by atoms with E-state index in [0.29, 0.717) is 0 Å². The number of benzene rings is 1. The van der Waals surface area contributed by atoms with E-state index in [9.17, 15) is 14.0 Å². The molecule has 1 saturated heterocycles. The lowest BCUT2D eigenvalue weighted by atomic mass is 10.2. The molecule has 0 aromatic heterocycles. The van der Waals surface area contributed by atoms with Crippen LogP contribution in [0, 0.1) is 5.82 Å². The van der Waals surface area contributed by atoms with Gasteiger partial charge in [-0.05, 0) is 18.2 Å². The maximum atomic E-state index is 12.8. The van der Waals surface area contributed by atoms with Crippen molar-refractivity contribution in [3.05, 3.63) is 35.6 Å². The Morgan fingerprint density at radius 1 is 1.56 bits per heavy atom. The third-order valence-corrected chi connectivity index (χ3v) is 2.13. The molecule has 1 atom stereocenters. The molecule has 0 radical (unpaired) electrons. The van der Waals surface area contributed by atoms with Crippen molar-refractivity contribution < 1.29 is 18.8 Å². The maximum absolute atomic E-state index is 12.8. The van der Waals surface area contributed by atoms with E-state index in [0.717, 1.165) is 6.07 Å². The maximum Gasteiger partial charge on any atom is 0.268 e. The Morgan fingerprint density at radius 3 is 3.00 bits per heavy atom. The molecule has 1 aliphatic heterocycles. The quantitative estimate of drug-likeness (QED) is 0.742. The molecule has 2 rings (SSSR count). The highest BCUT2D eigenvalue weighted by Crippen LogP contribution is 2.04. The van der Waals surface area contributed by atoms with Crippen molar-refractivity contribution in [2.75, 3.05) is 6.61 Å². The number of amides is 2. The summed E-state index contributed by atoms with van der Waals surface area (Å²) < 4.78 is 12.8. The average molecular weight is 224 g/mol. The van der Waals surface area contributed by atoms with Gasteiger partial charge in [0.25, 0.3) is 11.8 Å². The van der Waals surface area contributed by atoms with Crippen molar-refractivity contribution in [1.29, 1.82) is 0 Å². The summed E-state index contributed by atoms with van der Waals surface area (Å²) in [6, 6.07) is 4.50. The van der Waals surface area contributed by atoms with E-state index >= 15 is 0 Å². The molecular formula is C10H9FN2O3. The number of rotatable bonds is 2. The second-order valence-corrected chi connectivity index (χ2v) is 3.31. The van der Waals surface area contributed by atoms with Crippen LogP contribution in [0.3, 0.4) is 0 Å². The first-order valence-corrected chi connectivity index (χ1v) is 4.65. The number of halogens is 1. The van der Waals surface area contributed by atoms with E-state index < -0.39 is 23.7 Å². The summed E-state index contributed by atoms with van der Waals surface area (Å²) in [7, 11) is 0. The summed E-state index contributed by atoms with van der Waals surface area (Å²) in [6.45, 7) is 0.0693. The second-order valence-electron chi connectivity index (χ2n) is 3.31. The van der Waals surface area contributed by atoms with Crippen LogP contribution in [0.2, 0.25) is 0 Å². The Balaban J connectivity index is 2.05. The van der Waals surface area contributed by atoms with Gasteiger partial charge in [0.2, 0.25) is 0 Å². The van der Waals surface area contributed by atoms with Crippen LogP contribution in [0.1, 0.15) is 10.4 Å². The molecule has 1 unspecified atom stereocenters. The molecule has 0 saturated carbocycles. The van der Waals surface area contributed by atoms with Gasteiger partial charge >= 0.3 is 0 Å². The summed E-state index contributed by atoms with van der Waals surface area (Å²) in [6.07, 6.45) is 0. The largest absolute Gasteiger partial charge is 0.338 e. The van der Waals surface area contributed by atoms with Crippen molar-refractivity contribution in [3.8, 4) is 0 Å². The number of carbonyl (C=O) groups excluding carboxylic acids is 2. The molecule has 1 fully saturated rings. The first-order valence-electron chi connectivity index (χ1n) is 4.65. The normalized spacial score (nSPS) is 19.3. The lowest BCUT2D eigenvalue weighted by molar-refractivity contribution is -0.125. The van der Waals surface area contributed by atoms with Crippen LogP contribution < -0.4 is 10.8 Å². The predicted molar refractivity (Wildman–Crippen MR) is 51.7 cm³/mol. The molecule has 1 aromatic carbocycles. The second kappa shape index (κ2) is 4.28. The zero-order valence-corrected chi connectivity index (χ0v) is 8.20. The SMILES string of the molecule is O=C(NC1CONC1=O)c1cccc(F)c1. The molecule has 84 valence electrons. The van der Waals surface area contributed by atoms with Crippen molar-refractivity contribution in [2.24, 2.45) is 0 Å². The number of hydroxylamine groups is 1. The third kappa shape index (κ3) is 2.17. The summed E-state index contributed by atoms with van der Waals surface area (Å²) >= 11 is 0. The monoisotopic (exact) mass is 224 g/mol. The zero-order chi connectivity index (χ0) is 11.5. The fraction of sp³-hybridized carbons (Fsp3) is 0.200. The van der Waals surface area contributed by atoms with Crippen molar-refractivity contribution in [2.45, 2.75) is 6.04 Å². The van der Waals surface area contributed by atoms with Crippen LogP contribution in [0.4, 0.5) is 4.39 Å². The third-order valence-electron chi connectivity index (χ3n) is 2.13. The van der Waals surface area contributed by atoms with Crippen LogP contribution in [-0.4, -0.2) is 24.5 Å². The highest BCUT2D eigenvalue weighted by atomic mass is 19.1. The van der Waals surface area contributed by atoms with Crippen LogP contribution in [0.25, 0.3) is 0 Å². The predicted octanol–water partition coefficient (Wildman–Crippen LogP) is -0.0145. The van der Waals surface area contributed by atoms with Gasteiger partial charge in [0.05, 0.1) is 0 Å². The summed E-state index contributed by atoms with van der Waals surface area (Å²) in [5.41, 5.74) is 2.28. The minimum atomic E-state index is -0.726. The van der Waals surface area contributed by atoms with Gasteiger partial charge < -0.3 is 5.32 Å². The number of carbonyl (C=O) groups is 2. The number of nitrogens with one attached hydrogen (secondary N) is 2. The van der Waals surface area contributed by atoms with Gasteiger partial charge in [-0.25, -0.2) is 9.87 Å². The van der Waals surface area contributed by atoms with E-state index in [4.69, 9.17) is 0 Å². The van der Waals surface area contributed by atoms with Gasteiger partial charge in [-0.2, -0.15) is 0 Å². The summed E-state index contributed by atoms with van der Waals surface area (Å²) in [5.74, 6) is -1.42. The van der Waals surface area contributed by atoms with Gasteiger partial charge in [0, 0.05) is 5.56 Å². The van der Waals surface area contributed by atoms with E-state index in [1.54, 1.807) is 0 Å².